The minimum atomic E-state index is -3.63. The van der Waals surface area contributed by atoms with Crippen LogP contribution in [0.25, 0.3) is 0 Å². The van der Waals surface area contributed by atoms with Crippen LogP contribution in [0.15, 0.2) is 29.2 Å². The first-order chi connectivity index (χ1) is 10.3. The number of nitrogens with two attached hydrogens (primary N) is 2. The van der Waals surface area contributed by atoms with Gasteiger partial charge in [-0.3, -0.25) is 4.79 Å². The molecule has 2 unspecified atom stereocenters. The Morgan fingerprint density at radius 2 is 2.05 bits per heavy atom. The van der Waals surface area contributed by atoms with Crippen molar-refractivity contribution >= 4 is 21.6 Å². The predicted molar refractivity (Wildman–Crippen MR) is 86.7 cm³/mol. The molecular weight excluding hydrogens is 304 g/mol. The fourth-order valence-corrected chi connectivity index (χ4v) is 2.85. The highest BCUT2D eigenvalue weighted by Crippen LogP contribution is 2.16. The predicted octanol–water partition coefficient (Wildman–Crippen LogP) is 0.236. The monoisotopic (exact) mass is 328 g/mol. The van der Waals surface area contributed by atoms with Crippen molar-refractivity contribution in [3.63, 3.8) is 0 Å². The fourth-order valence-electron chi connectivity index (χ4n) is 1.76. The van der Waals surface area contributed by atoms with E-state index in [9.17, 15) is 13.2 Å². The zero-order valence-electron chi connectivity index (χ0n) is 12.9. The summed E-state index contributed by atoms with van der Waals surface area (Å²) in [4.78, 5) is 12.1. The first kappa shape index (κ1) is 18.6. The average Bonchev–Trinajstić information content (AvgIpc) is 2.51. The largest absolute Gasteiger partial charge is 0.329 e. The van der Waals surface area contributed by atoms with Gasteiger partial charge in [0.2, 0.25) is 15.9 Å². The third kappa shape index (κ3) is 5.06. The zero-order valence-corrected chi connectivity index (χ0v) is 13.7. The van der Waals surface area contributed by atoms with Gasteiger partial charge in [0, 0.05) is 18.8 Å². The van der Waals surface area contributed by atoms with Crippen LogP contribution in [0.3, 0.4) is 0 Å². The summed E-state index contributed by atoms with van der Waals surface area (Å²) in [6.45, 7) is 4.20. The summed E-state index contributed by atoms with van der Waals surface area (Å²) in [6, 6.07) is 5.37. The Bertz CT molecular complexity index is 604. The number of anilines is 1. The van der Waals surface area contributed by atoms with Crippen LogP contribution in [0.4, 0.5) is 5.69 Å². The molecule has 0 radical (unpaired) electrons. The van der Waals surface area contributed by atoms with Gasteiger partial charge in [0.05, 0.1) is 10.9 Å². The van der Waals surface area contributed by atoms with E-state index < -0.39 is 16.1 Å². The van der Waals surface area contributed by atoms with Gasteiger partial charge in [-0.25, -0.2) is 13.1 Å². The highest BCUT2D eigenvalue weighted by molar-refractivity contribution is 7.89. The molecule has 2 atom stereocenters. The van der Waals surface area contributed by atoms with Crippen LogP contribution in [0.2, 0.25) is 0 Å². The van der Waals surface area contributed by atoms with E-state index in [2.05, 4.69) is 10.0 Å². The van der Waals surface area contributed by atoms with Crippen molar-refractivity contribution in [2.45, 2.75) is 31.2 Å². The molecule has 0 aromatic heterocycles. The van der Waals surface area contributed by atoms with E-state index in [-0.39, 0.29) is 29.8 Å². The number of hydrogen-bond acceptors (Lipinski definition) is 5. The van der Waals surface area contributed by atoms with Crippen LogP contribution in [0.5, 0.6) is 0 Å². The Morgan fingerprint density at radius 1 is 1.36 bits per heavy atom. The van der Waals surface area contributed by atoms with Crippen LogP contribution < -0.4 is 21.5 Å². The fraction of sp³-hybridized carbons (Fsp3) is 0.500. The molecule has 0 aliphatic heterocycles. The van der Waals surface area contributed by atoms with Gasteiger partial charge in [0.1, 0.15) is 0 Å². The third-order valence-corrected chi connectivity index (χ3v) is 4.87. The number of carbonyl (C=O) groups excluding carboxylic acids is 1. The molecule has 0 bridgehead atoms. The van der Waals surface area contributed by atoms with Gasteiger partial charge < -0.3 is 16.8 Å². The zero-order chi connectivity index (χ0) is 16.8. The molecule has 124 valence electrons. The first-order valence-corrected chi connectivity index (χ1v) is 8.66. The molecule has 0 saturated heterocycles. The maximum atomic E-state index is 12.0. The smallest absolute Gasteiger partial charge is 0.241 e. The summed E-state index contributed by atoms with van der Waals surface area (Å²) >= 11 is 0. The maximum absolute atomic E-state index is 12.0. The summed E-state index contributed by atoms with van der Waals surface area (Å²) in [5, 5.41) is 2.64. The molecule has 6 N–H and O–H groups in total. The van der Waals surface area contributed by atoms with Gasteiger partial charge in [-0.1, -0.05) is 26.3 Å². The number of nitrogens with one attached hydrogen (secondary N) is 2. The lowest BCUT2D eigenvalue weighted by Crippen LogP contribution is -2.40. The first-order valence-electron chi connectivity index (χ1n) is 7.18. The van der Waals surface area contributed by atoms with Crippen LogP contribution in [0.1, 0.15) is 20.3 Å². The van der Waals surface area contributed by atoms with Crippen molar-refractivity contribution < 1.29 is 13.2 Å². The van der Waals surface area contributed by atoms with Gasteiger partial charge in [-0.2, -0.15) is 0 Å². The van der Waals surface area contributed by atoms with Crippen molar-refractivity contribution in [2.24, 2.45) is 17.4 Å². The Morgan fingerprint density at radius 3 is 2.64 bits per heavy atom. The number of rotatable bonds is 8. The second-order valence-corrected chi connectivity index (χ2v) is 6.88. The second-order valence-electron chi connectivity index (χ2n) is 5.11. The highest BCUT2D eigenvalue weighted by Gasteiger charge is 2.20. The molecule has 0 aliphatic rings. The summed E-state index contributed by atoms with van der Waals surface area (Å²) in [5.41, 5.74) is 11.5. The molecule has 1 aromatic rings. The molecule has 22 heavy (non-hydrogen) atoms. The number of sulfonamides is 1. The number of carbonyl (C=O) groups is 1. The van der Waals surface area contributed by atoms with Crippen LogP contribution in [-0.2, 0) is 14.8 Å². The molecule has 7 nitrogen and oxygen atoms in total. The lowest BCUT2D eigenvalue weighted by atomic mass is 9.99. The Hall–Kier alpha value is -1.48. The van der Waals surface area contributed by atoms with Crippen molar-refractivity contribution in [3.8, 4) is 0 Å². The second kappa shape index (κ2) is 8.23. The van der Waals surface area contributed by atoms with Gasteiger partial charge in [-0.15, -0.1) is 0 Å². The summed E-state index contributed by atoms with van der Waals surface area (Å²) < 4.78 is 26.4. The highest BCUT2D eigenvalue weighted by atomic mass is 32.2. The van der Waals surface area contributed by atoms with Gasteiger partial charge in [0.15, 0.2) is 0 Å². The van der Waals surface area contributed by atoms with E-state index in [1.807, 2.05) is 13.8 Å². The Balaban J connectivity index is 2.87. The van der Waals surface area contributed by atoms with Crippen LogP contribution in [0, 0.1) is 5.92 Å². The van der Waals surface area contributed by atoms with Crippen LogP contribution in [-0.4, -0.2) is 33.5 Å². The maximum Gasteiger partial charge on any atom is 0.241 e. The quantitative estimate of drug-likeness (QED) is 0.543. The van der Waals surface area contributed by atoms with Gasteiger partial charge in [0.25, 0.3) is 0 Å². The molecule has 1 aromatic carbocycles. The lowest BCUT2D eigenvalue weighted by molar-refractivity contribution is -0.118. The molecule has 8 heteroatoms. The van der Waals surface area contributed by atoms with E-state index >= 15 is 0 Å². The van der Waals surface area contributed by atoms with E-state index in [4.69, 9.17) is 11.5 Å². The van der Waals surface area contributed by atoms with E-state index in [0.717, 1.165) is 6.42 Å². The van der Waals surface area contributed by atoms with E-state index in [1.54, 1.807) is 12.1 Å². The van der Waals surface area contributed by atoms with Gasteiger partial charge in [-0.05, 0) is 24.1 Å². The topological polar surface area (TPSA) is 127 Å². The standard InChI is InChI=1S/C14H24N4O3S/c1-3-10(2)13(16)14(19)18-11-5-4-6-12(9-11)22(20,21)17-8-7-15/h4-6,9-10,13,17H,3,7-8,15-16H2,1-2H3,(H,18,19). The molecule has 1 rings (SSSR count). The van der Waals surface area contributed by atoms with Crippen molar-refractivity contribution in [2.75, 3.05) is 18.4 Å². The number of benzene rings is 1. The number of amides is 1. The molecule has 0 spiro atoms. The lowest BCUT2D eigenvalue weighted by Gasteiger charge is -2.18. The average molecular weight is 328 g/mol. The van der Waals surface area contributed by atoms with Crippen LogP contribution >= 0.6 is 0 Å². The third-order valence-electron chi connectivity index (χ3n) is 3.41. The van der Waals surface area contributed by atoms with Crippen molar-refractivity contribution in [1.82, 2.24) is 4.72 Å². The molecular formula is C14H24N4O3S. The van der Waals surface area contributed by atoms with E-state index in [1.165, 1.54) is 12.1 Å². The van der Waals surface area contributed by atoms with E-state index in [0.29, 0.717) is 5.69 Å². The number of hydrogen-bond donors (Lipinski definition) is 4. The SMILES string of the molecule is CCC(C)C(N)C(=O)Nc1cccc(S(=O)(=O)NCCN)c1. The molecule has 0 saturated carbocycles. The van der Waals surface area contributed by atoms with Crippen molar-refractivity contribution in [1.29, 1.82) is 0 Å². The molecule has 0 fully saturated rings. The molecule has 0 heterocycles. The van der Waals surface area contributed by atoms with Crippen molar-refractivity contribution in [3.05, 3.63) is 24.3 Å². The Kier molecular flexibility index (Phi) is 6.95. The summed E-state index contributed by atoms with van der Waals surface area (Å²) in [6.07, 6.45) is 0.784. The summed E-state index contributed by atoms with van der Waals surface area (Å²) in [5.74, 6) is -0.294. The molecule has 0 aliphatic carbocycles. The summed E-state index contributed by atoms with van der Waals surface area (Å²) in [7, 11) is -3.63. The van der Waals surface area contributed by atoms with Gasteiger partial charge >= 0.3 is 0 Å². The minimum absolute atomic E-state index is 0.0399. The molecule has 1 amide bonds. The Labute approximate surface area is 131 Å². The minimum Gasteiger partial charge on any atom is -0.329 e. The normalized spacial score (nSPS) is 14.4.